The van der Waals surface area contributed by atoms with Gasteiger partial charge in [0.25, 0.3) is 0 Å². The molecule has 3 heteroatoms. The van der Waals surface area contributed by atoms with Crippen molar-refractivity contribution >= 4 is 40.0 Å². The molecule has 14 heavy (non-hydrogen) atoms. The predicted molar refractivity (Wildman–Crippen MR) is 73.2 cm³/mol. The fraction of sp³-hybridized carbons (Fsp3) is 0.455. The molecule has 1 aliphatic heterocycles. The monoisotopic (exact) mass is 319 g/mol. The van der Waals surface area contributed by atoms with E-state index in [2.05, 4.69) is 53.0 Å². The SMILES string of the molecule is Cc1c(I)cccc1NC1CCSC1. The van der Waals surface area contributed by atoms with Gasteiger partial charge in [0, 0.05) is 21.1 Å². The van der Waals surface area contributed by atoms with E-state index >= 15 is 0 Å². The van der Waals surface area contributed by atoms with Gasteiger partial charge in [0.1, 0.15) is 0 Å². The van der Waals surface area contributed by atoms with Gasteiger partial charge in [-0.05, 0) is 59.4 Å². The summed E-state index contributed by atoms with van der Waals surface area (Å²) < 4.78 is 1.35. The molecule has 1 nitrogen and oxygen atoms in total. The zero-order valence-electron chi connectivity index (χ0n) is 8.22. The fourth-order valence-corrected chi connectivity index (χ4v) is 3.28. The Kier molecular flexibility index (Phi) is 3.60. The van der Waals surface area contributed by atoms with Crippen LogP contribution in [0.15, 0.2) is 18.2 Å². The van der Waals surface area contributed by atoms with Crippen LogP contribution in [0.2, 0.25) is 0 Å². The highest BCUT2D eigenvalue weighted by atomic mass is 127. The molecule has 1 unspecified atom stereocenters. The Hall–Kier alpha value is 0.1000. The molecule has 76 valence electrons. The lowest BCUT2D eigenvalue weighted by molar-refractivity contribution is 0.811. The number of hydrogen-bond donors (Lipinski definition) is 1. The molecule has 1 aliphatic rings. The van der Waals surface area contributed by atoms with E-state index in [9.17, 15) is 0 Å². The van der Waals surface area contributed by atoms with E-state index in [0.29, 0.717) is 6.04 Å². The van der Waals surface area contributed by atoms with E-state index in [1.54, 1.807) is 0 Å². The summed E-state index contributed by atoms with van der Waals surface area (Å²) in [5, 5.41) is 3.62. The summed E-state index contributed by atoms with van der Waals surface area (Å²) in [7, 11) is 0. The van der Waals surface area contributed by atoms with E-state index in [1.807, 2.05) is 11.8 Å². The van der Waals surface area contributed by atoms with Gasteiger partial charge in [-0.25, -0.2) is 0 Å². The summed E-state index contributed by atoms with van der Waals surface area (Å²) in [5.74, 6) is 2.56. The van der Waals surface area contributed by atoms with Gasteiger partial charge < -0.3 is 5.32 Å². The Morgan fingerprint density at radius 2 is 2.36 bits per heavy atom. The maximum atomic E-state index is 3.62. The lowest BCUT2D eigenvalue weighted by Crippen LogP contribution is -2.18. The van der Waals surface area contributed by atoms with Crippen LogP contribution in [0.1, 0.15) is 12.0 Å². The highest BCUT2D eigenvalue weighted by Gasteiger charge is 2.15. The first kappa shape index (κ1) is 10.6. The molecular formula is C11H14INS. The minimum Gasteiger partial charge on any atom is -0.381 e. The van der Waals surface area contributed by atoms with E-state index in [1.165, 1.54) is 32.7 Å². The average molecular weight is 319 g/mol. The third kappa shape index (κ3) is 2.37. The number of benzene rings is 1. The Morgan fingerprint density at radius 3 is 3.07 bits per heavy atom. The van der Waals surface area contributed by atoms with Crippen molar-refractivity contribution in [1.29, 1.82) is 0 Å². The van der Waals surface area contributed by atoms with Gasteiger partial charge in [0.15, 0.2) is 0 Å². The van der Waals surface area contributed by atoms with Crippen LogP contribution >= 0.6 is 34.4 Å². The molecule has 1 fully saturated rings. The van der Waals surface area contributed by atoms with E-state index in [-0.39, 0.29) is 0 Å². The fourth-order valence-electron chi connectivity index (χ4n) is 1.63. The number of nitrogens with one attached hydrogen (secondary N) is 1. The quantitative estimate of drug-likeness (QED) is 0.837. The second-order valence-corrected chi connectivity index (χ2v) is 5.93. The first-order valence-corrected chi connectivity index (χ1v) is 7.10. The maximum absolute atomic E-state index is 3.62. The third-order valence-electron chi connectivity index (χ3n) is 2.56. The van der Waals surface area contributed by atoms with Crippen molar-refractivity contribution in [1.82, 2.24) is 0 Å². The summed E-state index contributed by atoms with van der Waals surface area (Å²) in [5.41, 5.74) is 2.69. The molecule has 0 aromatic heterocycles. The van der Waals surface area contributed by atoms with E-state index < -0.39 is 0 Å². The van der Waals surface area contributed by atoms with Crippen LogP contribution in [-0.4, -0.2) is 17.5 Å². The topological polar surface area (TPSA) is 12.0 Å². The second-order valence-electron chi connectivity index (χ2n) is 3.62. The molecule has 1 aromatic carbocycles. The first-order chi connectivity index (χ1) is 6.77. The summed E-state index contributed by atoms with van der Waals surface area (Å²) in [6, 6.07) is 7.14. The lowest BCUT2D eigenvalue weighted by atomic mass is 10.1. The largest absolute Gasteiger partial charge is 0.381 e. The van der Waals surface area contributed by atoms with Crippen LogP contribution in [0.25, 0.3) is 0 Å². The van der Waals surface area contributed by atoms with Crippen molar-refractivity contribution in [2.75, 3.05) is 16.8 Å². The van der Waals surface area contributed by atoms with Crippen LogP contribution in [0.4, 0.5) is 5.69 Å². The predicted octanol–water partition coefficient (Wildman–Crippen LogP) is 3.52. The van der Waals surface area contributed by atoms with Gasteiger partial charge in [0.2, 0.25) is 0 Å². The Labute approximate surface area is 103 Å². The molecule has 0 aliphatic carbocycles. The summed E-state index contributed by atoms with van der Waals surface area (Å²) in [6.07, 6.45) is 1.30. The van der Waals surface area contributed by atoms with Crippen molar-refractivity contribution in [3.05, 3.63) is 27.3 Å². The van der Waals surface area contributed by atoms with Crippen LogP contribution < -0.4 is 5.32 Å². The minimum atomic E-state index is 0.678. The highest BCUT2D eigenvalue weighted by molar-refractivity contribution is 14.1. The van der Waals surface area contributed by atoms with Crippen LogP contribution in [0, 0.1) is 10.5 Å². The van der Waals surface area contributed by atoms with Crippen molar-refractivity contribution < 1.29 is 0 Å². The summed E-state index contributed by atoms with van der Waals surface area (Å²) in [6.45, 7) is 2.19. The number of anilines is 1. The second kappa shape index (κ2) is 4.75. The molecule has 1 heterocycles. The van der Waals surface area contributed by atoms with Crippen molar-refractivity contribution in [2.24, 2.45) is 0 Å². The average Bonchev–Trinajstić information content (AvgIpc) is 2.66. The molecule has 1 N–H and O–H groups in total. The number of halogens is 1. The van der Waals surface area contributed by atoms with Gasteiger partial charge >= 0.3 is 0 Å². The smallest absolute Gasteiger partial charge is 0.0382 e. The minimum absolute atomic E-state index is 0.678. The highest BCUT2D eigenvalue weighted by Crippen LogP contribution is 2.25. The van der Waals surface area contributed by atoms with Crippen LogP contribution in [-0.2, 0) is 0 Å². The zero-order valence-corrected chi connectivity index (χ0v) is 11.2. The summed E-state index contributed by atoms with van der Waals surface area (Å²) in [4.78, 5) is 0. The van der Waals surface area contributed by atoms with Crippen molar-refractivity contribution in [3.8, 4) is 0 Å². The van der Waals surface area contributed by atoms with Crippen LogP contribution in [0.3, 0.4) is 0 Å². The van der Waals surface area contributed by atoms with E-state index in [0.717, 1.165) is 0 Å². The molecule has 2 rings (SSSR count). The molecular weight excluding hydrogens is 305 g/mol. The molecule has 0 radical (unpaired) electrons. The Bertz CT molecular complexity index is 321. The number of hydrogen-bond acceptors (Lipinski definition) is 2. The molecule has 1 saturated heterocycles. The summed E-state index contributed by atoms with van der Waals surface area (Å²) >= 11 is 4.44. The van der Waals surface area contributed by atoms with Crippen molar-refractivity contribution in [3.63, 3.8) is 0 Å². The van der Waals surface area contributed by atoms with Gasteiger partial charge in [-0.3, -0.25) is 0 Å². The molecule has 0 amide bonds. The van der Waals surface area contributed by atoms with Crippen molar-refractivity contribution in [2.45, 2.75) is 19.4 Å². The number of rotatable bonds is 2. The van der Waals surface area contributed by atoms with E-state index in [4.69, 9.17) is 0 Å². The zero-order chi connectivity index (χ0) is 9.97. The Balaban J connectivity index is 2.11. The standard InChI is InChI=1S/C11H14INS/c1-8-10(12)3-2-4-11(8)13-9-5-6-14-7-9/h2-4,9,13H,5-7H2,1H3. The van der Waals surface area contributed by atoms with Gasteiger partial charge in [0.05, 0.1) is 0 Å². The molecule has 1 atom stereocenters. The molecule has 0 saturated carbocycles. The molecule has 1 aromatic rings. The number of thioether (sulfide) groups is 1. The first-order valence-electron chi connectivity index (χ1n) is 4.87. The normalized spacial score (nSPS) is 21.1. The molecule has 0 spiro atoms. The van der Waals surface area contributed by atoms with Gasteiger partial charge in [-0.2, -0.15) is 11.8 Å². The maximum Gasteiger partial charge on any atom is 0.0382 e. The van der Waals surface area contributed by atoms with Gasteiger partial charge in [-0.1, -0.05) is 6.07 Å². The Morgan fingerprint density at radius 1 is 1.50 bits per heavy atom. The molecule has 0 bridgehead atoms. The third-order valence-corrected chi connectivity index (χ3v) is 4.89. The van der Waals surface area contributed by atoms with Gasteiger partial charge in [-0.15, -0.1) is 0 Å². The lowest BCUT2D eigenvalue weighted by Gasteiger charge is -2.15. The van der Waals surface area contributed by atoms with Crippen LogP contribution in [0.5, 0.6) is 0 Å².